The van der Waals surface area contributed by atoms with E-state index in [2.05, 4.69) is 81.4 Å². The van der Waals surface area contributed by atoms with Crippen molar-refractivity contribution in [3.05, 3.63) is 83.9 Å². The molecule has 0 bridgehead atoms. The third-order valence-electron chi connectivity index (χ3n) is 6.16. The van der Waals surface area contributed by atoms with E-state index in [-0.39, 0.29) is 5.41 Å². The van der Waals surface area contributed by atoms with Gasteiger partial charge in [-0.05, 0) is 56.1 Å². The van der Waals surface area contributed by atoms with E-state index in [0.29, 0.717) is 12.4 Å². The van der Waals surface area contributed by atoms with E-state index in [1.807, 2.05) is 12.1 Å². The predicted octanol–water partition coefficient (Wildman–Crippen LogP) is 7.63. The SMILES string of the molecule is COCc1ccc(OC)c(OC)c1-c1ccc2c(-c3ccc(C(C)(C)C)cc3)cccc2c1. The van der Waals surface area contributed by atoms with E-state index in [4.69, 9.17) is 14.2 Å². The topological polar surface area (TPSA) is 27.7 Å². The van der Waals surface area contributed by atoms with Gasteiger partial charge in [0, 0.05) is 12.7 Å². The van der Waals surface area contributed by atoms with Crippen LogP contribution in [0.5, 0.6) is 11.5 Å². The Kier molecular flexibility index (Phi) is 6.44. The van der Waals surface area contributed by atoms with Gasteiger partial charge in [0.2, 0.25) is 0 Å². The van der Waals surface area contributed by atoms with Crippen LogP contribution in [0.4, 0.5) is 0 Å². The van der Waals surface area contributed by atoms with Gasteiger partial charge >= 0.3 is 0 Å². The van der Waals surface area contributed by atoms with Crippen LogP contribution in [-0.2, 0) is 16.8 Å². The van der Waals surface area contributed by atoms with Crippen LogP contribution in [0, 0.1) is 0 Å². The fourth-order valence-electron chi connectivity index (χ4n) is 4.40. The molecule has 3 nitrogen and oxygen atoms in total. The molecule has 0 atom stereocenters. The highest BCUT2D eigenvalue weighted by Gasteiger charge is 2.18. The Balaban J connectivity index is 1.85. The highest BCUT2D eigenvalue weighted by molar-refractivity contribution is 5.99. The molecular weight excluding hydrogens is 408 g/mol. The lowest BCUT2D eigenvalue weighted by atomic mass is 9.86. The number of ether oxygens (including phenoxy) is 3. The van der Waals surface area contributed by atoms with Crippen molar-refractivity contribution in [1.29, 1.82) is 0 Å². The first-order valence-corrected chi connectivity index (χ1v) is 11.2. The summed E-state index contributed by atoms with van der Waals surface area (Å²) in [5, 5.41) is 2.40. The maximum Gasteiger partial charge on any atom is 0.168 e. The van der Waals surface area contributed by atoms with Gasteiger partial charge in [-0.2, -0.15) is 0 Å². The summed E-state index contributed by atoms with van der Waals surface area (Å²) in [5.74, 6) is 1.43. The molecule has 0 aromatic heterocycles. The lowest BCUT2D eigenvalue weighted by Gasteiger charge is -2.19. The minimum atomic E-state index is 0.141. The summed E-state index contributed by atoms with van der Waals surface area (Å²) in [4.78, 5) is 0. The molecule has 3 heteroatoms. The molecule has 0 aliphatic heterocycles. The van der Waals surface area contributed by atoms with E-state index >= 15 is 0 Å². The Morgan fingerprint density at radius 1 is 0.727 bits per heavy atom. The summed E-state index contributed by atoms with van der Waals surface area (Å²) in [7, 11) is 5.05. The minimum absolute atomic E-state index is 0.141. The van der Waals surface area contributed by atoms with Gasteiger partial charge in [0.05, 0.1) is 20.8 Å². The fraction of sp³-hybridized carbons (Fsp3) is 0.267. The van der Waals surface area contributed by atoms with Crippen molar-refractivity contribution >= 4 is 10.8 Å². The fourth-order valence-corrected chi connectivity index (χ4v) is 4.40. The molecule has 170 valence electrons. The smallest absolute Gasteiger partial charge is 0.168 e. The molecule has 0 N–H and O–H groups in total. The first-order valence-electron chi connectivity index (χ1n) is 11.2. The minimum Gasteiger partial charge on any atom is -0.493 e. The van der Waals surface area contributed by atoms with Crippen LogP contribution in [-0.4, -0.2) is 21.3 Å². The Labute approximate surface area is 196 Å². The average Bonchev–Trinajstić information content (AvgIpc) is 2.82. The van der Waals surface area contributed by atoms with E-state index in [1.165, 1.54) is 27.5 Å². The maximum absolute atomic E-state index is 5.77. The number of hydrogen-bond donors (Lipinski definition) is 0. The molecule has 0 heterocycles. The Hall–Kier alpha value is -3.30. The second kappa shape index (κ2) is 9.29. The van der Waals surface area contributed by atoms with Crippen molar-refractivity contribution in [2.75, 3.05) is 21.3 Å². The molecule has 0 saturated heterocycles. The van der Waals surface area contributed by atoms with Crippen LogP contribution < -0.4 is 9.47 Å². The second-order valence-electron chi connectivity index (χ2n) is 9.34. The van der Waals surface area contributed by atoms with Crippen LogP contribution in [0.25, 0.3) is 33.0 Å². The molecule has 4 rings (SSSR count). The van der Waals surface area contributed by atoms with Crippen LogP contribution in [0.3, 0.4) is 0 Å². The molecular formula is C30H32O3. The van der Waals surface area contributed by atoms with Crippen molar-refractivity contribution in [2.24, 2.45) is 0 Å². The van der Waals surface area contributed by atoms with Gasteiger partial charge in [-0.1, -0.05) is 81.4 Å². The molecule has 0 aliphatic carbocycles. The van der Waals surface area contributed by atoms with Crippen LogP contribution in [0.2, 0.25) is 0 Å². The average molecular weight is 441 g/mol. The van der Waals surface area contributed by atoms with Crippen molar-refractivity contribution in [1.82, 2.24) is 0 Å². The molecule has 33 heavy (non-hydrogen) atoms. The largest absolute Gasteiger partial charge is 0.493 e. The first kappa shape index (κ1) is 22.9. The number of rotatable bonds is 6. The summed E-state index contributed by atoms with van der Waals surface area (Å²) in [6, 6.07) is 26.0. The van der Waals surface area contributed by atoms with Crippen molar-refractivity contribution < 1.29 is 14.2 Å². The molecule has 0 saturated carbocycles. The third kappa shape index (κ3) is 4.46. The molecule has 0 amide bonds. The molecule has 0 unspecified atom stereocenters. The Bertz CT molecular complexity index is 1260. The normalized spacial score (nSPS) is 11.6. The Morgan fingerprint density at radius 2 is 1.45 bits per heavy atom. The lowest BCUT2D eigenvalue weighted by Crippen LogP contribution is -2.10. The maximum atomic E-state index is 5.77. The number of benzene rings is 4. The lowest BCUT2D eigenvalue weighted by molar-refractivity contribution is 0.185. The standard InChI is InChI=1S/C30H32O3/c1-30(2,3)24-14-10-20(11-15-24)25-9-7-8-21-18-22(12-16-26(21)25)28-23(19-31-4)13-17-27(32-5)29(28)33-6/h7-18H,19H2,1-6H3. The molecule has 0 fully saturated rings. The number of fused-ring (bicyclic) bond motifs is 1. The van der Waals surface area contributed by atoms with Crippen molar-refractivity contribution in [2.45, 2.75) is 32.8 Å². The first-order chi connectivity index (χ1) is 15.9. The number of hydrogen-bond acceptors (Lipinski definition) is 3. The molecule has 0 spiro atoms. The summed E-state index contributed by atoms with van der Waals surface area (Å²) in [5.41, 5.74) is 7.07. The van der Waals surface area contributed by atoms with E-state index < -0.39 is 0 Å². The molecule has 0 aliphatic rings. The third-order valence-corrected chi connectivity index (χ3v) is 6.16. The van der Waals surface area contributed by atoms with Gasteiger partial charge in [-0.3, -0.25) is 0 Å². The van der Waals surface area contributed by atoms with E-state index in [9.17, 15) is 0 Å². The molecule has 4 aromatic rings. The highest BCUT2D eigenvalue weighted by Crippen LogP contribution is 2.42. The highest BCUT2D eigenvalue weighted by atomic mass is 16.5. The summed E-state index contributed by atoms with van der Waals surface area (Å²) < 4.78 is 16.8. The zero-order chi connectivity index (χ0) is 23.6. The van der Waals surface area contributed by atoms with Crippen LogP contribution >= 0.6 is 0 Å². The van der Waals surface area contributed by atoms with E-state index in [1.54, 1.807) is 21.3 Å². The Morgan fingerprint density at radius 3 is 2.09 bits per heavy atom. The van der Waals surface area contributed by atoms with Gasteiger partial charge in [0.1, 0.15) is 0 Å². The summed E-state index contributed by atoms with van der Waals surface area (Å²) in [6.07, 6.45) is 0. The van der Waals surface area contributed by atoms with Gasteiger partial charge in [0.15, 0.2) is 11.5 Å². The van der Waals surface area contributed by atoms with Crippen LogP contribution in [0.1, 0.15) is 31.9 Å². The number of methoxy groups -OCH3 is 3. The van der Waals surface area contributed by atoms with E-state index in [0.717, 1.165) is 22.4 Å². The van der Waals surface area contributed by atoms with Gasteiger partial charge in [-0.15, -0.1) is 0 Å². The molecule has 0 radical (unpaired) electrons. The second-order valence-corrected chi connectivity index (χ2v) is 9.34. The predicted molar refractivity (Wildman–Crippen MR) is 137 cm³/mol. The van der Waals surface area contributed by atoms with Gasteiger partial charge < -0.3 is 14.2 Å². The van der Waals surface area contributed by atoms with Crippen molar-refractivity contribution in [3.63, 3.8) is 0 Å². The zero-order valence-electron chi connectivity index (χ0n) is 20.4. The molecule has 4 aromatic carbocycles. The summed E-state index contributed by atoms with van der Waals surface area (Å²) in [6.45, 7) is 7.22. The monoisotopic (exact) mass is 440 g/mol. The quantitative estimate of drug-likeness (QED) is 0.308. The van der Waals surface area contributed by atoms with Gasteiger partial charge in [0.25, 0.3) is 0 Å². The zero-order valence-corrected chi connectivity index (χ0v) is 20.4. The van der Waals surface area contributed by atoms with Crippen molar-refractivity contribution in [3.8, 4) is 33.8 Å². The summed E-state index contributed by atoms with van der Waals surface area (Å²) >= 11 is 0. The van der Waals surface area contributed by atoms with Gasteiger partial charge in [-0.25, -0.2) is 0 Å². The van der Waals surface area contributed by atoms with Crippen LogP contribution in [0.15, 0.2) is 72.8 Å².